The minimum Gasteiger partial charge on any atom is -0.294 e. The molecule has 0 unspecified atom stereocenters. The van der Waals surface area contributed by atoms with Gasteiger partial charge in [-0.3, -0.25) is 4.79 Å². The summed E-state index contributed by atoms with van der Waals surface area (Å²) in [6.07, 6.45) is 0.474. The van der Waals surface area contributed by atoms with Crippen LogP contribution in [0.5, 0.6) is 0 Å². The topological polar surface area (TPSA) is 54.5 Å². The molecule has 112 valence electrons. The Morgan fingerprint density at radius 2 is 1.60 bits per heavy atom. The maximum Gasteiger partial charge on any atom is 0.243 e. The first kappa shape index (κ1) is 16.9. The monoisotopic (exact) mass is 297 g/mol. The molecule has 5 heteroatoms. The van der Waals surface area contributed by atoms with Crippen molar-refractivity contribution in [3.8, 4) is 0 Å². The molecule has 0 heterocycles. The average molecular weight is 297 g/mol. The largest absolute Gasteiger partial charge is 0.294 e. The fourth-order valence-electron chi connectivity index (χ4n) is 2.01. The van der Waals surface area contributed by atoms with E-state index in [2.05, 4.69) is 0 Å². The first-order valence-corrected chi connectivity index (χ1v) is 8.40. The first-order chi connectivity index (χ1) is 9.32. The Kier molecular flexibility index (Phi) is 5.89. The summed E-state index contributed by atoms with van der Waals surface area (Å²) in [7, 11) is -3.44. The molecule has 20 heavy (non-hydrogen) atoms. The smallest absolute Gasteiger partial charge is 0.243 e. The molecule has 0 aliphatic rings. The van der Waals surface area contributed by atoms with Crippen LogP contribution in [0.1, 0.15) is 44.5 Å². The van der Waals surface area contributed by atoms with Crippen LogP contribution in [0.4, 0.5) is 0 Å². The zero-order chi connectivity index (χ0) is 15.3. The molecule has 0 fully saturated rings. The second-order valence-corrected chi connectivity index (χ2v) is 7.07. The molecule has 0 aliphatic heterocycles. The summed E-state index contributed by atoms with van der Waals surface area (Å²) >= 11 is 0. The van der Waals surface area contributed by atoms with E-state index in [0.717, 1.165) is 0 Å². The molecule has 1 aromatic carbocycles. The number of carbonyl (C=O) groups excluding carboxylic acids is 1. The van der Waals surface area contributed by atoms with Crippen molar-refractivity contribution in [1.82, 2.24) is 4.31 Å². The highest BCUT2D eigenvalue weighted by atomic mass is 32.2. The molecule has 4 nitrogen and oxygen atoms in total. The van der Waals surface area contributed by atoms with Gasteiger partial charge in [0.15, 0.2) is 5.78 Å². The van der Waals surface area contributed by atoms with Crippen LogP contribution in [0, 0.1) is 5.92 Å². The maximum absolute atomic E-state index is 12.3. The van der Waals surface area contributed by atoms with Gasteiger partial charge in [0.1, 0.15) is 0 Å². The molecule has 0 aromatic heterocycles. The van der Waals surface area contributed by atoms with E-state index in [9.17, 15) is 13.2 Å². The normalized spacial score (nSPS) is 12.1. The summed E-state index contributed by atoms with van der Waals surface area (Å²) < 4.78 is 26.0. The van der Waals surface area contributed by atoms with Gasteiger partial charge >= 0.3 is 0 Å². The number of rotatable bonds is 7. The van der Waals surface area contributed by atoms with Gasteiger partial charge in [0.25, 0.3) is 0 Å². The summed E-state index contributed by atoms with van der Waals surface area (Å²) in [6.45, 7) is 8.46. The van der Waals surface area contributed by atoms with Crippen molar-refractivity contribution in [2.75, 3.05) is 13.1 Å². The number of benzene rings is 1. The summed E-state index contributed by atoms with van der Waals surface area (Å²) in [4.78, 5) is 12.1. The van der Waals surface area contributed by atoms with E-state index in [0.29, 0.717) is 31.0 Å². The Morgan fingerprint density at radius 3 is 2.00 bits per heavy atom. The number of carbonyl (C=O) groups is 1. The fraction of sp³-hybridized carbons (Fsp3) is 0.533. The Morgan fingerprint density at radius 1 is 1.10 bits per heavy atom. The third-order valence-corrected chi connectivity index (χ3v) is 5.18. The van der Waals surface area contributed by atoms with E-state index >= 15 is 0 Å². The van der Waals surface area contributed by atoms with Gasteiger partial charge in [0, 0.05) is 25.1 Å². The molecule has 0 atom stereocenters. The van der Waals surface area contributed by atoms with Crippen LogP contribution in [-0.4, -0.2) is 31.6 Å². The predicted octanol–water partition coefficient (Wildman–Crippen LogP) is 2.95. The van der Waals surface area contributed by atoms with Crippen molar-refractivity contribution in [2.24, 2.45) is 5.92 Å². The lowest BCUT2D eigenvalue weighted by Gasteiger charge is -2.18. The van der Waals surface area contributed by atoms with Gasteiger partial charge in [0.2, 0.25) is 10.0 Å². The molecular weight excluding hydrogens is 274 g/mol. The molecule has 0 spiro atoms. The van der Waals surface area contributed by atoms with Gasteiger partial charge in [-0.15, -0.1) is 0 Å². The Labute approximate surface area is 121 Å². The molecule has 0 radical (unpaired) electrons. The van der Waals surface area contributed by atoms with E-state index in [1.807, 2.05) is 27.7 Å². The highest BCUT2D eigenvalue weighted by molar-refractivity contribution is 7.89. The number of hydrogen-bond donors (Lipinski definition) is 0. The van der Waals surface area contributed by atoms with Gasteiger partial charge in [-0.05, 0) is 18.1 Å². The Hall–Kier alpha value is -1.20. The van der Waals surface area contributed by atoms with Gasteiger partial charge in [-0.1, -0.05) is 39.8 Å². The number of Topliss-reactive ketones (excluding diaryl/α,β-unsaturated/α-hetero) is 1. The molecule has 0 N–H and O–H groups in total. The molecule has 0 bridgehead atoms. The van der Waals surface area contributed by atoms with Crippen LogP contribution >= 0.6 is 0 Å². The standard InChI is InChI=1S/C15H23NO3S/c1-5-16(6-2)20(18,19)14-9-7-13(8-10-14)15(17)11-12(3)4/h7-10,12H,5-6,11H2,1-4H3. The quantitative estimate of drug-likeness (QED) is 0.727. The van der Waals surface area contributed by atoms with E-state index < -0.39 is 10.0 Å². The second-order valence-electron chi connectivity index (χ2n) is 5.13. The Balaban J connectivity index is 2.99. The lowest BCUT2D eigenvalue weighted by Crippen LogP contribution is -2.30. The zero-order valence-electron chi connectivity index (χ0n) is 12.6. The predicted molar refractivity (Wildman–Crippen MR) is 80.3 cm³/mol. The van der Waals surface area contributed by atoms with E-state index in [4.69, 9.17) is 0 Å². The van der Waals surface area contributed by atoms with Crippen LogP contribution in [-0.2, 0) is 10.0 Å². The molecule has 0 amide bonds. The van der Waals surface area contributed by atoms with Crippen LogP contribution in [0.3, 0.4) is 0 Å². The maximum atomic E-state index is 12.3. The molecule has 0 aliphatic carbocycles. The van der Waals surface area contributed by atoms with Crippen molar-refractivity contribution in [3.05, 3.63) is 29.8 Å². The minimum absolute atomic E-state index is 0.0480. The molecule has 0 saturated heterocycles. The average Bonchev–Trinajstić information content (AvgIpc) is 2.39. The van der Waals surface area contributed by atoms with Gasteiger partial charge in [-0.2, -0.15) is 4.31 Å². The molecule has 1 rings (SSSR count). The number of ketones is 1. The van der Waals surface area contributed by atoms with Crippen LogP contribution in [0.25, 0.3) is 0 Å². The molecular formula is C15H23NO3S. The number of sulfonamides is 1. The number of nitrogens with zero attached hydrogens (tertiary/aromatic N) is 1. The first-order valence-electron chi connectivity index (χ1n) is 6.96. The fourth-order valence-corrected chi connectivity index (χ4v) is 3.47. The van der Waals surface area contributed by atoms with Crippen LogP contribution in [0.15, 0.2) is 29.2 Å². The summed E-state index contributed by atoms with van der Waals surface area (Å²) in [5.74, 6) is 0.341. The van der Waals surface area contributed by atoms with Crippen molar-refractivity contribution in [2.45, 2.75) is 39.0 Å². The summed E-state index contributed by atoms with van der Waals surface area (Å²) in [5, 5.41) is 0. The van der Waals surface area contributed by atoms with Gasteiger partial charge in [0.05, 0.1) is 4.90 Å². The molecule has 0 saturated carbocycles. The van der Waals surface area contributed by atoms with Gasteiger partial charge in [-0.25, -0.2) is 8.42 Å². The zero-order valence-corrected chi connectivity index (χ0v) is 13.4. The summed E-state index contributed by atoms with van der Waals surface area (Å²) in [6, 6.07) is 6.23. The summed E-state index contributed by atoms with van der Waals surface area (Å²) in [5.41, 5.74) is 0.567. The molecule has 1 aromatic rings. The SMILES string of the molecule is CCN(CC)S(=O)(=O)c1ccc(C(=O)CC(C)C)cc1. The van der Waals surface area contributed by atoms with Crippen molar-refractivity contribution >= 4 is 15.8 Å². The highest BCUT2D eigenvalue weighted by Crippen LogP contribution is 2.17. The Bertz CT molecular complexity index is 543. The van der Waals surface area contributed by atoms with E-state index in [1.54, 1.807) is 12.1 Å². The second kappa shape index (κ2) is 6.99. The van der Waals surface area contributed by atoms with Crippen LogP contribution < -0.4 is 0 Å². The third kappa shape index (κ3) is 3.90. The van der Waals surface area contributed by atoms with Crippen molar-refractivity contribution in [1.29, 1.82) is 0 Å². The number of hydrogen-bond acceptors (Lipinski definition) is 3. The van der Waals surface area contributed by atoms with E-state index in [1.165, 1.54) is 16.4 Å². The van der Waals surface area contributed by atoms with Crippen LogP contribution in [0.2, 0.25) is 0 Å². The lowest BCUT2D eigenvalue weighted by molar-refractivity contribution is 0.0967. The van der Waals surface area contributed by atoms with E-state index in [-0.39, 0.29) is 10.7 Å². The van der Waals surface area contributed by atoms with Gasteiger partial charge < -0.3 is 0 Å². The highest BCUT2D eigenvalue weighted by Gasteiger charge is 2.21. The lowest BCUT2D eigenvalue weighted by atomic mass is 10.0. The van der Waals surface area contributed by atoms with Crippen molar-refractivity contribution < 1.29 is 13.2 Å². The van der Waals surface area contributed by atoms with Crippen molar-refractivity contribution in [3.63, 3.8) is 0 Å². The minimum atomic E-state index is -3.44. The third-order valence-electron chi connectivity index (χ3n) is 3.11.